The van der Waals surface area contributed by atoms with E-state index in [1.165, 1.54) is 0 Å². The summed E-state index contributed by atoms with van der Waals surface area (Å²) in [4.78, 5) is 24.2. The van der Waals surface area contributed by atoms with E-state index < -0.39 is 11.9 Å². The Morgan fingerprint density at radius 2 is 1.52 bits per heavy atom. The first-order chi connectivity index (χ1) is 10.1. The lowest BCUT2D eigenvalue weighted by molar-refractivity contribution is -0.156. The van der Waals surface area contributed by atoms with Crippen molar-refractivity contribution in [2.75, 3.05) is 5.32 Å². The highest BCUT2D eigenvalue weighted by Gasteiger charge is 2.50. The molecule has 2 atom stereocenters. The zero-order valence-electron chi connectivity index (χ0n) is 12.2. The van der Waals surface area contributed by atoms with Crippen molar-refractivity contribution in [1.29, 1.82) is 0 Å². The summed E-state index contributed by atoms with van der Waals surface area (Å²) in [5.74, 6) is -1.43. The number of rotatable bonds is 3. The lowest BCUT2D eigenvalue weighted by Gasteiger charge is -2.45. The number of benzene rings is 1. The molecule has 4 rings (SSSR count). The fourth-order valence-corrected chi connectivity index (χ4v) is 4.04. The number of anilines is 1. The van der Waals surface area contributed by atoms with Crippen molar-refractivity contribution in [3.63, 3.8) is 0 Å². The van der Waals surface area contributed by atoms with E-state index in [0.717, 1.165) is 36.9 Å². The first kappa shape index (κ1) is 14.1. The third-order valence-corrected chi connectivity index (χ3v) is 5.13. The molecule has 4 nitrogen and oxygen atoms in total. The summed E-state index contributed by atoms with van der Waals surface area (Å²) in [6.07, 6.45) is 3.88. The molecule has 1 aromatic rings. The molecule has 112 valence electrons. The van der Waals surface area contributed by atoms with Gasteiger partial charge in [-0.25, -0.2) is 0 Å². The third kappa shape index (κ3) is 2.67. The average Bonchev–Trinajstić information content (AvgIpc) is 2.49. The highest BCUT2D eigenvalue weighted by atomic mass is 16.4. The number of fused-ring (bicyclic) bond motifs is 3. The van der Waals surface area contributed by atoms with Crippen LogP contribution in [0.25, 0.3) is 0 Å². The highest BCUT2D eigenvalue weighted by Crippen LogP contribution is 2.49. The van der Waals surface area contributed by atoms with Gasteiger partial charge in [-0.2, -0.15) is 0 Å². The minimum absolute atomic E-state index is 0.124. The van der Waals surface area contributed by atoms with Crippen molar-refractivity contribution >= 4 is 17.6 Å². The van der Waals surface area contributed by atoms with Gasteiger partial charge in [0, 0.05) is 5.69 Å². The van der Waals surface area contributed by atoms with Crippen LogP contribution in [0.15, 0.2) is 24.3 Å². The summed E-state index contributed by atoms with van der Waals surface area (Å²) < 4.78 is 0. The number of hydrogen-bond acceptors (Lipinski definition) is 2. The standard InChI is InChI=1S/C17H21NO3/c1-10-2-8-13(9-3-10)18-16(19)14-11-4-6-12(7-5-11)15(14)17(20)21/h2-3,8-9,11-12,14-15H,4-7H2,1H3,(H,18,19)(H,20,21)/t11?,12?,14-,15-/m1/s1. The Labute approximate surface area is 124 Å². The summed E-state index contributed by atoms with van der Waals surface area (Å²) in [7, 11) is 0. The molecule has 3 aliphatic carbocycles. The van der Waals surface area contributed by atoms with Crippen molar-refractivity contribution in [1.82, 2.24) is 0 Å². The molecule has 2 bridgehead atoms. The Kier molecular flexibility index (Phi) is 3.70. The van der Waals surface area contributed by atoms with Crippen LogP contribution in [-0.2, 0) is 9.59 Å². The van der Waals surface area contributed by atoms with Crippen LogP contribution >= 0.6 is 0 Å². The van der Waals surface area contributed by atoms with Gasteiger partial charge in [0.25, 0.3) is 0 Å². The van der Waals surface area contributed by atoms with Crippen molar-refractivity contribution in [2.45, 2.75) is 32.6 Å². The van der Waals surface area contributed by atoms with Crippen LogP contribution in [-0.4, -0.2) is 17.0 Å². The van der Waals surface area contributed by atoms with Gasteiger partial charge >= 0.3 is 5.97 Å². The zero-order valence-corrected chi connectivity index (χ0v) is 12.2. The first-order valence-electron chi connectivity index (χ1n) is 7.66. The lowest BCUT2D eigenvalue weighted by atomic mass is 9.58. The number of carbonyl (C=O) groups is 2. The van der Waals surface area contributed by atoms with Gasteiger partial charge in [0.1, 0.15) is 0 Å². The maximum absolute atomic E-state index is 12.6. The van der Waals surface area contributed by atoms with Gasteiger partial charge in [0.2, 0.25) is 5.91 Å². The van der Waals surface area contributed by atoms with E-state index in [1.807, 2.05) is 31.2 Å². The Hall–Kier alpha value is -1.84. The van der Waals surface area contributed by atoms with Crippen molar-refractivity contribution < 1.29 is 14.7 Å². The van der Waals surface area contributed by atoms with E-state index in [4.69, 9.17) is 0 Å². The third-order valence-electron chi connectivity index (χ3n) is 5.13. The minimum atomic E-state index is -0.812. The molecule has 3 saturated carbocycles. The number of carbonyl (C=O) groups excluding carboxylic acids is 1. The second-order valence-electron chi connectivity index (χ2n) is 6.42. The van der Waals surface area contributed by atoms with Gasteiger partial charge in [-0.3, -0.25) is 9.59 Å². The maximum atomic E-state index is 12.6. The number of aryl methyl sites for hydroxylation is 1. The molecule has 4 heteroatoms. The molecule has 0 heterocycles. The molecule has 0 saturated heterocycles. The van der Waals surface area contributed by atoms with E-state index in [9.17, 15) is 14.7 Å². The van der Waals surface area contributed by atoms with E-state index in [1.54, 1.807) is 0 Å². The van der Waals surface area contributed by atoms with E-state index in [2.05, 4.69) is 5.32 Å². The largest absolute Gasteiger partial charge is 0.481 e. The van der Waals surface area contributed by atoms with Crippen LogP contribution < -0.4 is 5.32 Å². The predicted molar refractivity (Wildman–Crippen MR) is 79.9 cm³/mol. The summed E-state index contributed by atoms with van der Waals surface area (Å²) in [6, 6.07) is 7.61. The number of amides is 1. The van der Waals surface area contributed by atoms with Gasteiger partial charge in [-0.05, 0) is 56.6 Å². The summed E-state index contributed by atoms with van der Waals surface area (Å²) in [5.41, 5.74) is 1.88. The topological polar surface area (TPSA) is 66.4 Å². The van der Waals surface area contributed by atoms with Crippen LogP contribution in [0.1, 0.15) is 31.2 Å². The van der Waals surface area contributed by atoms with Gasteiger partial charge in [0.15, 0.2) is 0 Å². The van der Waals surface area contributed by atoms with Crippen LogP contribution in [0.2, 0.25) is 0 Å². The van der Waals surface area contributed by atoms with Gasteiger partial charge < -0.3 is 10.4 Å². The Bertz CT molecular complexity index is 544. The van der Waals surface area contributed by atoms with Gasteiger partial charge in [0.05, 0.1) is 11.8 Å². The molecule has 3 aliphatic rings. The van der Waals surface area contributed by atoms with Crippen LogP contribution in [0, 0.1) is 30.6 Å². The molecule has 1 amide bonds. The fourth-order valence-electron chi connectivity index (χ4n) is 4.04. The first-order valence-corrected chi connectivity index (χ1v) is 7.66. The number of carboxylic acid groups (broad SMARTS) is 1. The average molecular weight is 287 g/mol. The van der Waals surface area contributed by atoms with E-state index in [-0.39, 0.29) is 23.7 Å². The fraction of sp³-hybridized carbons (Fsp3) is 0.529. The highest BCUT2D eigenvalue weighted by molar-refractivity contribution is 5.95. The molecule has 21 heavy (non-hydrogen) atoms. The van der Waals surface area contributed by atoms with E-state index >= 15 is 0 Å². The van der Waals surface area contributed by atoms with Crippen molar-refractivity contribution in [2.24, 2.45) is 23.7 Å². The molecular weight excluding hydrogens is 266 g/mol. The predicted octanol–water partition coefficient (Wildman–Crippen LogP) is 3.07. The number of carboxylic acids is 1. The molecule has 0 aromatic heterocycles. The normalized spacial score (nSPS) is 30.9. The van der Waals surface area contributed by atoms with Gasteiger partial charge in [-0.1, -0.05) is 17.7 Å². The second-order valence-corrected chi connectivity index (χ2v) is 6.42. The maximum Gasteiger partial charge on any atom is 0.307 e. The Balaban J connectivity index is 1.78. The molecule has 2 N–H and O–H groups in total. The molecule has 1 aromatic carbocycles. The Morgan fingerprint density at radius 1 is 1.00 bits per heavy atom. The molecule has 0 radical (unpaired) electrons. The van der Waals surface area contributed by atoms with Crippen LogP contribution in [0.5, 0.6) is 0 Å². The van der Waals surface area contributed by atoms with Crippen molar-refractivity contribution in [3.05, 3.63) is 29.8 Å². The molecule has 0 aliphatic heterocycles. The number of hydrogen-bond donors (Lipinski definition) is 2. The Morgan fingerprint density at radius 3 is 2.05 bits per heavy atom. The number of nitrogens with one attached hydrogen (secondary N) is 1. The summed E-state index contributed by atoms with van der Waals surface area (Å²) in [5, 5.41) is 12.4. The summed E-state index contributed by atoms with van der Waals surface area (Å²) in [6.45, 7) is 1.99. The minimum Gasteiger partial charge on any atom is -0.481 e. The monoisotopic (exact) mass is 287 g/mol. The smallest absolute Gasteiger partial charge is 0.307 e. The molecule has 0 spiro atoms. The SMILES string of the molecule is Cc1ccc(NC(=O)[C@@H]2C3CCC(CC3)[C@H]2C(=O)O)cc1. The van der Waals surface area contributed by atoms with Crippen molar-refractivity contribution in [3.8, 4) is 0 Å². The number of aliphatic carboxylic acids is 1. The lowest BCUT2D eigenvalue weighted by Crippen LogP contribution is -2.49. The molecule has 0 unspecified atom stereocenters. The summed E-state index contributed by atoms with van der Waals surface area (Å²) >= 11 is 0. The van der Waals surface area contributed by atoms with Crippen LogP contribution in [0.4, 0.5) is 5.69 Å². The molecular formula is C17H21NO3. The zero-order chi connectivity index (χ0) is 15.0. The molecule has 3 fully saturated rings. The second kappa shape index (κ2) is 5.51. The quantitative estimate of drug-likeness (QED) is 0.898. The van der Waals surface area contributed by atoms with E-state index in [0.29, 0.717) is 0 Å². The van der Waals surface area contributed by atoms with Gasteiger partial charge in [-0.15, -0.1) is 0 Å². The van der Waals surface area contributed by atoms with Crippen LogP contribution in [0.3, 0.4) is 0 Å².